The van der Waals surface area contributed by atoms with Crippen LogP contribution in [-0.4, -0.2) is 40.1 Å². The van der Waals surface area contributed by atoms with Crippen LogP contribution in [0.3, 0.4) is 0 Å². The first kappa shape index (κ1) is 25.7. The van der Waals surface area contributed by atoms with Gasteiger partial charge in [0.1, 0.15) is 11.8 Å². The van der Waals surface area contributed by atoms with Gasteiger partial charge in [-0.15, -0.1) is 5.10 Å². The highest BCUT2D eigenvalue weighted by Gasteiger charge is 2.23. The quantitative estimate of drug-likeness (QED) is 0.340. The number of carbonyl (C=O) groups excluding carboxylic acids is 1. The number of amides is 1. The van der Waals surface area contributed by atoms with Crippen LogP contribution in [-0.2, 0) is 7.05 Å². The predicted molar refractivity (Wildman–Crippen MR) is 155 cm³/mol. The third-order valence-corrected chi connectivity index (χ3v) is 7.21. The van der Waals surface area contributed by atoms with Crippen molar-refractivity contribution in [2.24, 2.45) is 7.05 Å². The van der Waals surface area contributed by atoms with E-state index in [1.54, 1.807) is 22.4 Å². The van der Waals surface area contributed by atoms with Crippen molar-refractivity contribution in [2.45, 2.75) is 26.8 Å². The smallest absolute Gasteiger partial charge is 0.264 e. The molecule has 0 radical (unpaired) electrons. The molecular weight excluding hydrogens is 516 g/mol. The van der Waals surface area contributed by atoms with E-state index in [4.69, 9.17) is 0 Å². The van der Waals surface area contributed by atoms with Crippen molar-refractivity contribution in [3.63, 3.8) is 0 Å². The van der Waals surface area contributed by atoms with Crippen molar-refractivity contribution < 1.29 is 4.79 Å². The number of benzene rings is 2. The van der Waals surface area contributed by atoms with Gasteiger partial charge in [0, 0.05) is 24.0 Å². The fourth-order valence-corrected chi connectivity index (χ4v) is 4.97. The first-order chi connectivity index (χ1) is 19.8. The number of fused-ring (bicyclic) bond motifs is 2. The number of pyridine rings is 1. The van der Waals surface area contributed by atoms with E-state index in [1.807, 2.05) is 75.5 Å². The first-order valence-corrected chi connectivity index (χ1v) is 13.0. The van der Waals surface area contributed by atoms with Gasteiger partial charge < -0.3 is 5.32 Å². The summed E-state index contributed by atoms with van der Waals surface area (Å²) in [6.45, 7) is 5.57. The maximum Gasteiger partial charge on any atom is 0.264 e. The van der Waals surface area contributed by atoms with Gasteiger partial charge in [-0.3, -0.25) is 18.8 Å². The number of aromatic nitrogens is 7. The number of carbonyl (C=O) groups is 1. The zero-order valence-electron chi connectivity index (χ0n) is 23.0. The summed E-state index contributed by atoms with van der Waals surface area (Å²) in [7, 11) is 1.86. The van der Waals surface area contributed by atoms with Gasteiger partial charge in [0.15, 0.2) is 0 Å². The van der Waals surface area contributed by atoms with Gasteiger partial charge in [-0.05, 0) is 50.4 Å². The molecule has 0 fully saturated rings. The van der Waals surface area contributed by atoms with Crippen molar-refractivity contribution in [2.75, 3.05) is 0 Å². The van der Waals surface area contributed by atoms with Crippen molar-refractivity contribution in [3.8, 4) is 17.5 Å². The molecule has 4 heterocycles. The molecule has 0 aliphatic carbocycles. The number of nitrogens with one attached hydrogen (secondary N) is 1. The van der Waals surface area contributed by atoms with E-state index in [1.165, 1.54) is 17.0 Å². The first-order valence-electron chi connectivity index (χ1n) is 13.0. The van der Waals surface area contributed by atoms with E-state index in [0.29, 0.717) is 39.1 Å². The molecule has 6 rings (SSSR count). The summed E-state index contributed by atoms with van der Waals surface area (Å²) in [4.78, 5) is 27.7. The molecule has 1 atom stereocenters. The van der Waals surface area contributed by atoms with Gasteiger partial charge in [-0.25, -0.2) is 4.52 Å². The molecule has 0 saturated heterocycles. The molecule has 10 nitrogen and oxygen atoms in total. The number of rotatable bonds is 4. The second-order valence-corrected chi connectivity index (χ2v) is 9.79. The van der Waals surface area contributed by atoms with Crippen LogP contribution in [0.2, 0.25) is 0 Å². The minimum atomic E-state index is -0.531. The van der Waals surface area contributed by atoms with Crippen LogP contribution in [0, 0.1) is 25.7 Å². The summed E-state index contributed by atoms with van der Waals surface area (Å²) in [5.41, 5.74) is 4.96. The maximum absolute atomic E-state index is 14.2. The Hall–Kier alpha value is -5.56. The SMILES string of the molecule is Cc1nn2cnncc2c1C(=O)N[C@@H](C)c1cc2cccc(C#Cc3cnn(C)c3C)c2c(=O)n1-c1ccccc1. The third kappa shape index (κ3) is 4.53. The third-order valence-electron chi connectivity index (χ3n) is 7.21. The van der Waals surface area contributed by atoms with Crippen LogP contribution in [0.15, 0.2) is 78.1 Å². The topological polar surface area (TPSA) is 112 Å². The summed E-state index contributed by atoms with van der Waals surface area (Å²) < 4.78 is 4.93. The average Bonchev–Trinajstić information content (AvgIpc) is 3.49. The second-order valence-electron chi connectivity index (χ2n) is 9.79. The number of hydrogen-bond acceptors (Lipinski definition) is 6. The van der Waals surface area contributed by atoms with Gasteiger partial charge in [0.2, 0.25) is 0 Å². The number of hydrogen-bond donors (Lipinski definition) is 1. The summed E-state index contributed by atoms with van der Waals surface area (Å²) in [5, 5.41) is 20.7. The Morgan fingerprint density at radius 3 is 2.51 bits per heavy atom. The Labute approximate surface area is 235 Å². The molecule has 41 heavy (non-hydrogen) atoms. The van der Waals surface area contributed by atoms with Gasteiger partial charge in [-0.2, -0.15) is 15.3 Å². The molecular formula is C31H26N8O2. The summed E-state index contributed by atoms with van der Waals surface area (Å²) in [5.74, 6) is 6.04. The summed E-state index contributed by atoms with van der Waals surface area (Å²) in [6.07, 6.45) is 4.68. The molecule has 1 amide bonds. The van der Waals surface area contributed by atoms with E-state index in [9.17, 15) is 9.59 Å². The van der Waals surface area contributed by atoms with Crippen LogP contribution in [0.5, 0.6) is 0 Å². The van der Waals surface area contributed by atoms with Crippen LogP contribution < -0.4 is 10.9 Å². The van der Waals surface area contributed by atoms with Gasteiger partial charge in [0.05, 0.1) is 46.3 Å². The van der Waals surface area contributed by atoms with Gasteiger partial charge >= 0.3 is 0 Å². The predicted octanol–water partition coefficient (Wildman–Crippen LogP) is 3.67. The summed E-state index contributed by atoms with van der Waals surface area (Å²) >= 11 is 0. The van der Waals surface area contributed by atoms with Gasteiger partial charge in [-0.1, -0.05) is 42.2 Å². The Bertz CT molecular complexity index is 2080. The highest BCUT2D eigenvalue weighted by molar-refractivity contribution is 6.02. The minimum Gasteiger partial charge on any atom is -0.344 e. The fourth-order valence-electron chi connectivity index (χ4n) is 4.97. The Morgan fingerprint density at radius 1 is 0.976 bits per heavy atom. The molecule has 0 bridgehead atoms. The summed E-state index contributed by atoms with van der Waals surface area (Å²) in [6, 6.07) is 16.4. The van der Waals surface area contributed by atoms with E-state index in [2.05, 4.69) is 37.6 Å². The van der Waals surface area contributed by atoms with Crippen molar-refractivity contribution in [1.82, 2.24) is 39.5 Å². The van der Waals surface area contributed by atoms with Gasteiger partial charge in [0.25, 0.3) is 11.5 Å². The van der Waals surface area contributed by atoms with E-state index in [0.717, 1.165) is 16.6 Å². The molecule has 4 aromatic heterocycles. The Kier molecular flexibility index (Phi) is 6.40. The number of nitrogens with zero attached hydrogens (tertiary/aromatic N) is 7. The zero-order chi connectivity index (χ0) is 28.7. The highest BCUT2D eigenvalue weighted by atomic mass is 16.2. The lowest BCUT2D eigenvalue weighted by molar-refractivity contribution is 0.0939. The van der Waals surface area contributed by atoms with Crippen molar-refractivity contribution >= 4 is 22.2 Å². The molecule has 0 saturated carbocycles. The van der Waals surface area contributed by atoms with E-state index >= 15 is 0 Å². The largest absolute Gasteiger partial charge is 0.344 e. The van der Waals surface area contributed by atoms with E-state index < -0.39 is 6.04 Å². The number of aryl methyl sites for hydroxylation is 2. The molecule has 6 aromatic rings. The molecule has 2 aromatic carbocycles. The highest BCUT2D eigenvalue weighted by Crippen LogP contribution is 2.24. The van der Waals surface area contributed by atoms with Crippen LogP contribution in [0.4, 0.5) is 0 Å². The Balaban J connectivity index is 1.48. The normalized spacial score (nSPS) is 11.8. The lowest BCUT2D eigenvalue weighted by Gasteiger charge is -2.21. The Morgan fingerprint density at radius 2 is 1.76 bits per heavy atom. The molecule has 0 aliphatic heterocycles. The minimum absolute atomic E-state index is 0.222. The molecule has 10 heteroatoms. The van der Waals surface area contributed by atoms with E-state index in [-0.39, 0.29) is 11.5 Å². The van der Waals surface area contributed by atoms with Crippen molar-refractivity contribution in [1.29, 1.82) is 0 Å². The standard InChI is InChI=1S/C31H26N8O2/c1-19(35-30(40)28-20(2)36-38-18-33-32-17-27(28)38)26-15-23-10-8-9-22(13-14-24-16-34-37(4)21(24)3)29(23)31(41)39(26)25-11-6-5-7-12-25/h5-12,15-19H,1-4H3,(H,35,40)/t19-/m0/s1. The lowest BCUT2D eigenvalue weighted by atomic mass is 10.0. The maximum atomic E-state index is 14.2. The van der Waals surface area contributed by atoms with Crippen LogP contribution >= 0.6 is 0 Å². The molecule has 0 unspecified atom stereocenters. The number of para-hydroxylation sites is 1. The average molecular weight is 543 g/mol. The monoisotopic (exact) mass is 542 g/mol. The lowest BCUT2D eigenvalue weighted by Crippen LogP contribution is -2.32. The molecule has 202 valence electrons. The van der Waals surface area contributed by atoms with Crippen LogP contribution in [0.25, 0.3) is 22.0 Å². The fraction of sp³-hybridized carbons (Fsp3) is 0.161. The molecule has 1 N–H and O–H groups in total. The second kappa shape index (κ2) is 10.2. The molecule has 0 spiro atoms. The van der Waals surface area contributed by atoms with Crippen molar-refractivity contribution in [3.05, 3.63) is 117 Å². The van der Waals surface area contributed by atoms with Crippen LogP contribution in [0.1, 0.15) is 51.5 Å². The zero-order valence-corrected chi connectivity index (χ0v) is 23.0. The molecule has 0 aliphatic rings.